The van der Waals surface area contributed by atoms with Crippen molar-refractivity contribution in [1.29, 1.82) is 0 Å². The van der Waals surface area contributed by atoms with Gasteiger partial charge in [-0.3, -0.25) is 0 Å². The van der Waals surface area contributed by atoms with Crippen LogP contribution >= 0.6 is 27.7 Å². The number of carboxylic acids is 1. The number of benzene rings is 1. The fourth-order valence-electron chi connectivity index (χ4n) is 1.75. The number of hydrogen-bond acceptors (Lipinski definition) is 3. The van der Waals surface area contributed by atoms with Gasteiger partial charge in [0.2, 0.25) is 0 Å². The van der Waals surface area contributed by atoms with Crippen LogP contribution in [0.3, 0.4) is 0 Å². The number of amides is 2. The van der Waals surface area contributed by atoms with Gasteiger partial charge in [0.05, 0.1) is 6.04 Å². The minimum atomic E-state index is -1.02. The number of halogens is 1. The lowest BCUT2D eigenvalue weighted by Gasteiger charge is -2.18. The van der Waals surface area contributed by atoms with E-state index in [0.29, 0.717) is 12.2 Å². The molecule has 116 valence electrons. The van der Waals surface area contributed by atoms with Gasteiger partial charge < -0.3 is 15.7 Å². The smallest absolute Gasteiger partial charge is 0.326 e. The van der Waals surface area contributed by atoms with E-state index in [1.807, 2.05) is 37.4 Å². The quantitative estimate of drug-likeness (QED) is 0.685. The predicted octanol–water partition coefficient (Wildman–Crippen LogP) is 3.02. The van der Waals surface area contributed by atoms with Crippen LogP contribution in [0.4, 0.5) is 4.79 Å². The molecule has 1 aromatic carbocycles. The van der Waals surface area contributed by atoms with E-state index in [9.17, 15) is 9.59 Å². The molecule has 0 heterocycles. The number of hydrogen-bond donors (Lipinski definition) is 3. The van der Waals surface area contributed by atoms with Gasteiger partial charge in [-0.25, -0.2) is 9.59 Å². The van der Waals surface area contributed by atoms with E-state index in [4.69, 9.17) is 5.11 Å². The Hall–Kier alpha value is -1.21. The summed E-state index contributed by atoms with van der Waals surface area (Å²) in [6.45, 7) is 1.85. The third-order valence-corrected chi connectivity index (χ3v) is 4.05. The largest absolute Gasteiger partial charge is 0.480 e. The van der Waals surface area contributed by atoms with Gasteiger partial charge in [0.15, 0.2) is 0 Å². The third kappa shape index (κ3) is 6.39. The van der Waals surface area contributed by atoms with E-state index >= 15 is 0 Å². The molecule has 3 N–H and O–H groups in total. The molecule has 0 saturated carbocycles. The Morgan fingerprint density at radius 1 is 1.38 bits per heavy atom. The minimum absolute atomic E-state index is 0.211. The first kappa shape index (κ1) is 17.8. The molecule has 0 bridgehead atoms. The lowest BCUT2D eigenvalue weighted by molar-refractivity contribution is -0.139. The molecule has 0 aliphatic rings. The molecule has 0 radical (unpaired) electrons. The van der Waals surface area contributed by atoms with E-state index in [2.05, 4.69) is 26.6 Å². The first-order chi connectivity index (χ1) is 9.93. The topological polar surface area (TPSA) is 78.4 Å². The van der Waals surface area contributed by atoms with Crippen molar-refractivity contribution in [1.82, 2.24) is 10.6 Å². The van der Waals surface area contributed by atoms with E-state index in [1.165, 1.54) is 0 Å². The molecule has 1 unspecified atom stereocenters. The van der Waals surface area contributed by atoms with Crippen LogP contribution in [0.25, 0.3) is 0 Å². The molecule has 7 heteroatoms. The van der Waals surface area contributed by atoms with Crippen molar-refractivity contribution >= 4 is 39.7 Å². The molecule has 0 aliphatic carbocycles. The van der Waals surface area contributed by atoms with Crippen LogP contribution in [-0.2, 0) is 4.79 Å². The molecule has 2 atom stereocenters. The molecule has 21 heavy (non-hydrogen) atoms. The van der Waals surface area contributed by atoms with Crippen molar-refractivity contribution in [2.75, 3.05) is 12.0 Å². The summed E-state index contributed by atoms with van der Waals surface area (Å²) >= 11 is 4.92. The summed E-state index contributed by atoms with van der Waals surface area (Å²) in [5.41, 5.74) is 0.940. The van der Waals surface area contributed by atoms with Gasteiger partial charge in [0.25, 0.3) is 0 Å². The molecule has 0 spiro atoms. The number of urea groups is 1. The standard InChI is InChI=1S/C14H19BrN2O3S/c1-9(10-4-3-5-11(15)8-10)16-14(20)17-12(13(18)19)6-7-21-2/h3-5,8-9,12H,6-7H2,1-2H3,(H,18,19)(H2,16,17,20)/t9?,12-/m0/s1. The van der Waals surface area contributed by atoms with E-state index in [-0.39, 0.29) is 6.04 Å². The number of thioether (sulfide) groups is 1. The van der Waals surface area contributed by atoms with Crippen LogP contribution in [-0.4, -0.2) is 35.2 Å². The second-order valence-electron chi connectivity index (χ2n) is 4.57. The average molecular weight is 375 g/mol. The number of carbonyl (C=O) groups excluding carboxylic acids is 1. The maximum absolute atomic E-state index is 11.9. The lowest BCUT2D eigenvalue weighted by Crippen LogP contribution is -2.46. The SMILES string of the molecule is CSCC[C@H](NC(=O)NC(C)c1cccc(Br)c1)C(=O)O. The van der Waals surface area contributed by atoms with Crippen LogP contribution in [0.1, 0.15) is 24.9 Å². The van der Waals surface area contributed by atoms with Crippen molar-refractivity contribution < 1.29 is 14.7 Å². The van der Waals surface area contributed by atoms with Crippen molar-refractivity contribution in [2.45, 2.75) is 25.4 Å². The van der Waals surface area contributed by atoms with Crippen molar-refractivity contribution in [3.05, 3.63) is 34.3 Å². The zero-order valence-electron chi connectivity index (χ0n) is 11.9. The highest BCUT2D eigenvalue weighted by molar-refractivity contribution is 9.10. The minimum Gasteiger partial charge on any atom is -0.480 e. The van der Waals surface area contributed by atoms with Crippen molar-refractivity contribution in [3.8, 4) is 0 Å². The Morgan fingerprint density at radius 3 is 2.67 bits per heavy atom. The molecule has 0 saturated heterocycles. The normalized spacial score (nSPS) is 13.3. The van der Waals surface area contributed by atoms with E-state index in [0.717, 1.165) is 10.0 Å². The lowest BCUT2D eigenvalue weighted by atomic mass is 10.1. The highest BCUT2D eigenvalue weighted by Gasteiger charge is 2.20. The molecule has 0 aliphatic heterocycles. The highest BCUT2D eigenvalue weighted by Crippen LogP contribution is 2.17. The molecule has 2 amide bonds. The second-order valence-corrected chi connectivity index (χ2v) is 6.47. The van der Waals surface area contributed by atoms with Gasteiger partial charge in [0.1, 0.15) is 6.04 Å². The highest BCUT2D eigenvalue weighted by atomic mass is 79.9. The average Bonchev–Trinajstić information content (AvgIpc) is 2.43. The Kier molecular flexibility index (Phi) is 7.60. The summed E-state index contributed by atoms with van der Waals surface area (Å²) in [5, 5.41) is 14.3. The Bertz CT molecular complexity index is 499. The summed E-state index contributed by atoms with van der Waals surface area (Å²) in [7, 11) is 0. The second kappa shape index (κ2) is 8.94. The molecule has 1 aromatic rings. The molecule has 0 aromatic heterocycles. The Balaban J connectivity index is 2.57. The van der Waals surface area contributed by atoms with Gasteiger partial charge in [-0.15, -0.1) is 0 Å². The van der Waals surface area contributed by atoms with Crippen molar-refractivity contribution in [3.63, 3.8) is 0 Å². The van der Waals surface area contributed by atoms with Crippen LogP contribution in [0, 0.1) is 0 Å². The molecule has 1 rings (SSSR count). The maximum Gasteiger partial charge on any atom is 0.326 e. The van der Waals surface area contributed by atoms with E-state index < -0.39 is 18.0 Å². The van der Waals surface area contributed by atoms with Crippen LogP contribution in [0.5, 0.6) is 0 Å². The van der Waals surface area contributed by atoms with E-state index in [1.54, 1.807) is 11.8 Å². The first-order valence-corrected chi connectivity index (χ1v) is 8.67. The number of carbonyl (C=O) groups is 2. The molecule has 5 nitrogen and oxygen atoms in total. The number of rotatable bonds is 7. The van der Waals surface area contributed by atoms with Gasteiger partial charge >= 0.3 is 12.0 Å². The predicted molar refractivity (Wildman–Crippen MR) is 88.6 cm³/mol. The third-order valence-electron chi connectivity index (χ3n) is 2.91. The summed E-state index contributed by atoms with van der Waals surface area (Å²) in [4.78, 5) is 23.0. The number of aliphatic carboxylic acids is 1. The van der Waals surface area contributed by atoms with Gasteiger partial charge in [-0.05, 0) is 43.0 Å². The maximum atomic E-state index is 11.9. The Morgan fingerprint density at radius 2 is 2.10 bits per heavy atom. The monoisotopic (exact) mass is 374 g/mol. The van der Waals surface area contributed by atoms with Crippen LogP contribution in [0.2, 0.25) is 0 Å². The summed E-state index contributed by atoms with van der Waals surface area (Å²) in [6.07, 6.45) is 2.30. The van der Waals surface area contributed by atoms with Crippen LogP contribution < -0.4 is 10.6 Å². The molecule has 0 fully saturated rings. The number of nitrogens with one attached hydrogen (secondary N) is 2. The summed E-state index contributed by atoms with van der Waals surface area (Å²) in [6, 6.07) is 6.04. The zero-order chi connectivity index (χ0) is 15.8. The van der Waals surface area contributed by atoms with Gasteiger partial charge in [0, 0.05) is 4.47 Å². The summed E-state index contributed by atoms with van der Waals surface area (Å²) < 4.78 is 0.928. The van der Waals surface area contributed by atoms with Crippen molar-refractivity contribution in [2.24, 2.45) is 0 Å². The fraction of sp³-hybridized carbons (Fsp3) is 0.429. The fourth-order valence-corrected chi connectivity index (χ4v) is 2.64. The summed E-state index contributed by atoms with van der Waals surface area (Å²) in [5.74, 6) is -0.340. The zero-order valence-corrected chi connectivity index (χ0v) is 14.3. The molecular weight excluding hydrogens is 356 g/mol. The van der Waals surface area contributed by atoms with Gasteiger partial charge in [-0.2, -0.15) is 11.8 Å². The van der Waals surface area contributed by atoms with Crippen LogP contribution in [0.15, 0.2) is 28.7 Å². The Labute approximate surface area is 137 Å². The van der Waals surface area contributed by atoms with Gasteiger partial charge in [-0.1, -0.05) is 28.1 Å². The first-order valence-electron chi connectivity index (χ1n) is 6.48. The number of carboxylic acid groups (broad SMARTS) is 1. The molecular formula is C14H19BrN2O3S.